The Morgan fingerprint density at radius 2 is 2.25 bits per heavy atom. The summed E-state index contributed by atoms with van der Waals surface area (Å²) >= 11 is 0. The van der Waals surface area contributed by atoms with Gasteiger partial charge in [-0.15, -0.1) is 6.42 Å². The predicted molar refractivity (Wildman–Crippen MR) is 41.0 cm³/mol. The fraction of sp³-hybridized carbons (Fsp3) is 0. The molecule has 60 valence electrons. The molecule has 0 atom stereocenters. The van der Waals surface area contributed by atoms with Gasteiger partial charge in [-0.25, -0.2) is 0 Å². The van der Waals surface area contributed by atoms with Gasteiger partial charge in [0.1, 0.15) is 5.56 Å². The van der Waals surface area contributed by atoms with Crippen molar-refractivity contribution in [3.8, 4) is 12.3 Å². The van der Waals surface area contributed by atoms with Crippen molar-refractivity contribution in [3.63, 3.8) is 0 Å². The number of para-hydroxylation sites is 1. The minimum atomic E-state index is -0.907. The number of terminal acetylenes is 1. The van der Waals surface area contributed by atoms with Gasteiger partial charge in [-0.1, -0.05) is 12.0 Å². The standard InChI is InChI=1S/C8H4FNO2/c1-2-6-4-3-5-7(9)8(6)10(11)12/h1,3-5H. The Labute approximate surface area is 68.0 Å². The van der Waals surface area contributed by atoms with Crippen LogP contribution in [0.1, 0.15) is 5.56 Å². The molecule has 3 nitrogen and oxygen atoms in total. The fourth-order valence-electron chi connectivity index (χ4n) is 0.817. The van der Waals surface area contributed by atoms with Gasteiger partial charge in [-0.3, -0.25) is 10.1 Å². The average molecular weight is 165 g/mol. The highest BCUT2D eigenvalue weighted by Gasteiger charge is 2.17. The van der Waals surface area contributed by atoms with E-state index >= 15 is 0 Å². The smallest absolute Gasteiger partial charge is 0.258 e. The topological polar surface area (TPSA) is 43.1 Å². The molecule has 0 aromatic heterocycles. The first-order valence-electron chi connectivity index (χ1n) is 3.06. The van der Waals surface area contributed by atoms with E-state index in [-0.39, 0.29) is 5.56 Å². The molecule has 1 aromatic carbocycles. The van der Waals surface area contributed by atoms with Crippen LogP contribution < -0.4 is 0 Å². The van der Waals surface area contributed by atoms with Crippen LogP contribution in [0.3, 0.4) is 0 Å². The van der Waals surface area contributed by atoms with Crippen LogP contribution in [0.5, 0.6) is 0 Å². The minimum Gasteiger partial charge on any atom is -0.258 e. The van der Waals surface area contributed by atoms with Crippen LogP contribution in [0.25, 0.3) is 0 Å². The van der Waals surface area contributed by atoms with E-state index in [0.29, 0.717) is 0 Å². The summed E-state index contributed by atoms with van der Waals surface area (Å²) in [5.41, 5.74) is -0.681. The molecule has 0 N–H and O–H groups in total. The minimum absolute atomic E-state index is 0.0417. The van der Waals surface area contributed by atoms with E-state index in [1.807, 2.05) is 5.92 Å². The third-order valence-electron chi connectivity index (χ3n) is 1.32. The summed E-state index contributed by atoms with van der Waals surface area (Å²) in [5.74, 6) is 1.13. The zero-order chi connectivity index (χ0) is 9.14. The van der Waals surface area contributed by atoms with Gasteiger partial charge < -0.3 is 0 Å². The Balaban J connectivity index is 3.42. The van der Waals surface area contributed by atoms with Crippen LogP contribution in [-0.4, -0.2) is 4.92 Å². The maximum Gasteiger partial charge on any atom is 0.320 e. The lowest BCUT2D eigenvalue weighted by atomic mass is 10.2. The summed E-state index contributed by atoms with van der Waals surface area (Å²) in [7, 11) is 0. The molecule has 1 rings (SSSR count). The molecule has 0 saturated carbocycles. The van der Waals surface area contributed by atoms with E-state index in [2.05, 4.69) is 0 Å². The first-order valence-corrected chi connectivity index (χ1v) is 3.06. The summed E-state index contributed by atoms with van der Waals surface area (Å²) in [5, 5.41) is 10.3. The van der Waals surface area contributed by atoms with Crippen LogP contribution >= 0.6 is 0 Å². The van der Waals surface area contributed by atoms with Gasteiger partial charge in [0.25, 0.3) is 0 Å². The number of nitrogens with zero attached hydrogens (tertiary/aromatic N) is 1. The normalized spacial score (nSPS) is 9.00. The lowest BCUT2D eigenvalue weighted by molar-refractivity contribution is -0.387. The first kappa shape index (κ1) is 8.21. The van der Waals surface area contributed by atoms with E-state index in [1.165, 1.54) is 12.1 Å². The fourth-order valence-corrected chi connectivity index (χ4v) is 0.817. The molecule has 0 aliphatic carbocycles. The highest BCUT2D eigenvalue weighted by molar-refractivity contribution is 5.50. The quantitative estimate of drug-likeness (QED) is 0.361. The van der Waals surface area contributed by atoms with Crippen molar-refractivity contribution in [1.82, 2.24) is 0 Å². The molecule has 0 spiro atoms. The molecule has 12 heavy (non-hydrogen) atoms. The number of halogens is 1. The summed E-state index contributed by atoms with van der Waals surface area (Å²) in [6.07, 6.45) is 4.94. The van der Waals surface area contributed by atoms with Crippen LogP contribution in [0.15, 0.2) is 18.2 Å². The Morgan fingerprint density at radius 3 is 2.67 bits per heavy atom. The molecule has 0 heterocycles. The van der Waals surface area contributed by atoms with Crippen LogP contribution in [0.2, 0.25) is 0 Å². The maximum atomic E-state index is 12.8. The van der Waals surface area contributed by atoms with Gasteiger partial charge in [-0.2, -0.15) is 4.39 Å². The Bertz CT molecular complexity index is 368. The largest absolute Gasteiger partial charge is 0.320 e. The molecule has 0 unspecified atom stereocenters. The third-order valence-corrected chi connectivity index (χ3v) is 1.32. The van der Waals surface area contributed by atoms with Gasteiger partial charge in [-0.05, 0) is 12.1 Å². The van der Waals surface area contributed by atoms with E-state index in [1.54, 1.807) is 0 Å². The van der Waals surface area contributed by atoms with E-state index < -0.39 is 16.4 Å². The number of benzene rings is 1. The van der Waals surface area contributed by atoms with Crippen LogP contribution in [0.4, 0.5) is 10.1 Å². The van der Waals surface area contributed by atoms with E-state index in [9.17, 15) is 14.5 Å². The summed E-state index contributed by atoms with van der Waals surface area (Å²) in [6.45, 7) is 0. The predicted octanol–water partition coefficient (Wildman–Crippen LogP) is 1.72. The second-order valence-corrected chi connectivity index (χ2v) is 2.04. The third kappa shape index (κ3) is 1.25. The second kappa shape index (κ2) is 3.01. The summed E-state index contributed by atoms with van der Waals surface area (Å²) < 4.78 is 12.8. The van der Waals surface area contributed by atoms with Crippen molar-refractivity contribution in [2.75, 3.05) is 0 Å². The Kier molecular flexibility index (Phi) is 2.06. The molecule has 0 aliphatic rings. The summed E-state index contributed by atoms with van der Waals surface area (Å²) in [6, 6.07) is 3.65. The molecule has 0 radical (unpaired) electrons. The number of nitro benzene ring substituents is 1. The zero-order valence-corrected chi connectivity index (χ0v) is 5.95. The number of rotatable bonds is 1. The Morgan fingerprint density at radius 1 is 1.58 bits per heavy atom. The van der Waals surface area contributed by atoms with Gasteiger partial charge in [0.15, 0.2) is 0 Å². The monoisotopic (exact) mass is 165 g/mol. The maximum absolute atomic E-state index is 12.8. The molecule has 0 bridgehead atoms. The lowest BCUT2D eigenvalue weighted by Gasteiger charge is -1.95. The van der Waals surface area contributed by atoms with Crippen molar-refractivity contribution in [2.45, 2.75) is 0 Å². The molecule has 4 heteroatoms. The number of hydrogen-bond acceptors (Lipinski definition) is 2. The zero-order valence-electron chi connectivity index (χ0n) is 5.95. The van der Waals surface area contributed by atoms with E-state index in [4.69, 9.17) is 6.42 Å². The number of nitro groups is 1. The number of hydrogen-bond donors (Lipinski definition) is 0. The highest BCUT2D eigenvalue weighted by atomic mass is 19.1. The molecule has 1 aromatic rings. The van der Waals surface area contributed by atoms with Gasteiger partial charge in [0, 0.05) is 0 Å². The SMILES string of the molecule is C#Cc1cccc(F)c1[N+](=O)[O-]. The van der Waals surface area contributed by atoms with Gasteiger partial charge in [0.2, 0.25) is 5.82 Å². The van der Waals surface area contributed by atoms with Crippen molar-refractivity contribution in [2.24, 2.45) is 0 Å². The molecular weight excluding hydrogens is 161 g/mol. The van der Waals surface area contributed by atoms with Crippen LogP contribution in [-0.2, 0) is 0 Å². The van der Waals surface area contributed by atoms with Crippen molar-refractivity contribution in [3.05, 3.63) is 39.7 Å². The van der Waals surface area contributed by atoms with E-state index in [0.717, 1.165) is 6.07 Å². The molecule has 0 aliphatic heterocycles. The first-order chi connectivity index (χ1) is 5.66. The lowest BCUT2D eigenvalue weighted by Crippen LogP contribution is -1.95. The molecular formula is C8H4FNO2. The summed E-state index contributed by atoms with van der Waals surface area (Å²) in [4.78, 5) is 9.44. The van der Waals surface area contributed by atoms with Gasteiger partial charge >= 0.3 is 5.69 Å². The second-order valence-electron chi connectivity index (χ2n) is 2.04. The van der Waals surface area contributed by atoms with Crippen molar-refractivity contribution < 1.29 is 9.31 Å². The highest BCUT2D eigenvalue weighted by Crippen LogP contribution is 2.20. The molecule has 0 amide bonds. The average Bonchev–Trinajstić information content (AvgIpc) is 2.03. The van der Waals surface area contributed by atoms with Crippen molar-refractivity contribution in [1.29, 1.82) is 0 Å². The van der Waals surface area contributed by atoms with Crippen molar-refractivity contribution >= 4 is 5.69 Å². The van der Waals surface area contributed by atoms with Crippen LogP contribution in [0, 0.1) is 28.3 Å². The molecule has 0 saturated heterocycles. The molecule has 0 fully saturated rings. The Hall–Kier alpha value is -1.89. The van der Waals surface area contributed by atoms with Gasteiger partial charge in [0.05, 0.1) is 4.92 Å².